The van der Waals surface area contributed by atoms with Crippen molar-refractivity contribution in [1.29, 1.82) is 5.26 Å². The van der Waals surface area contributed by atoms with Gasteiger partial charge in [-0.05, 0) is 54.8 Å². The molecule has 0 bridgehead atoms. The number of hydrogen-bond donors (Lipinski definition) is 0. The van der Waals surface area contributed by atoms with Gasteiger partial charge in [-0.25, -0.2) is 0 Å². The van der Waals surface area contributed by atoms with Gasteiger partial charge in [-0.15, -0.1) is 10.2 Å². The molecule has 0 N–H and O–H groups in total. The summed E-state index contributed by atoms with van der Waals surface area (Å²) in [5.74, 6) is 1.27. The third-order valence-electron chi connectivity index (χ3n) is 6.30. The number of aromatic nitrogens is 5. The summed E-state index contributed by atoms with van der Waals surface area (Å²) in [4.78, 5) is 11.4. The number of benzene rings is 2. The molecule has 5 aromatic rings. The van der Waals surface area contributed by atoms with Gasteiger partial charge >= 0.3 is 0 Å². The highest BCUT2D eigenvalue weighted by atomic mass is 35.5. The lowest BCUT2D eigenvalue weighted by atomic mass is 10.0. The monoisotopic (exact) mass is 451 g/mol. The van der Waals surface area contributed by atoms with Crippen LogP contribution in [0.5, 0.6) is 0 Å². The molecule has 0 radical (unpaired) electrons. The molecule has 1 aliphatic rings. The van der Waals surface area contributed by atoms with Crippen LogP contribution in [0.1, 0.15) is 18.5 Å². The van der Waals surface area contributed by atoms with Crippen molar-refractivity contribution < 1.29 is 0 Å². The van der Waals surface area contributed by atoms with E-state index >= 15 is 0 Å². The fraction of sp³-hybridized carbons (Fsp3) is 0.160. The van der Waals surface area contributed by atoms with Crippen molar-refractivity contribution in [3.63, 3.8) is 0 Å². The fourth-order valence-electron chi connectivity index (χ4n) is 4.19. The van der Waals surface area contributed by atoms with E-state index in [0.29, 0.717) is 10.8 Å². The van der Waals surface area contributed by atoms with Gasteiger partial charge in [-0.3, -0.25) is 9.38 Å². The molecule has 2 aromatic carbocycles. The second kappa shape index (κ2) is 7.26. The summed E-state index contributed by atoms with van der Waals surface area (Å²) in [5.41, 5.74) is 4.38. The molecule has 33 heavy (non-hydrogen) atoms. The molecule has 7 nitrogen and oxygen atoms in total. The maximum atomic E-state index is 9.43. The maximum Gasteiger partial charge on any atom is 0.257 e. The predicted molar refractivity (Wildman–Crippen MR) is 128 cm³/mol. The average Bonchev–Trinajstić information content (AvgIpc) is 3.52. The van der Waals surface area contributed by atoms with Gasteiger partial charge in [0.05, 0.1) is 22.7 Å². The van der Waals surface area contributed by atoms with Gasteiger partial charge < -0.3 is 4.90 Å². The van der Waals surface area contributed by atoms with Gasteiger partial charge in [-0.1, -0.05) is 29.8 Å². The van der Waals surface area contributed by atoms with E-state index in [4.69, 9.17) is 16.6 Å². The molecule has 6 rings (SSSR count). The van der Waals surface area contributed by atoms with E-state index in [1.165, 1.54) is 0 Å². The second-order valence-electron chi connectivity index (χ2n) is 8.33. The van der Waals surface area contributed by atoms with Crippen molar-refractivity contribution in [1.82, 2.24) is 24.6 Å². The van der Waals surface area contributed by atoms with Crippen molar-refractivity contribution in [3.8, 4) is 17.2 Å². The van der Waals surface area contributed by atoms with Crippen molar-refractivity contribution in [2.45, 2.75) is 18.3 Å². The van der Waals surface area contributed by atoms with Crippen LogP contribution in [0.25, 0.3) is 27.8 Å². The summed E-state index contributed by atoms with van der Waals surface area (Å²) >= 11 is 6.26. The van der Waals surface area contributed by atoms with E-state index in [0.717, 1.165) is 52.1 Å². The molecule has 0 amide bonds. The molecule has 1 saturated carbocycles. The van der Waals surface area contributed by atoms with Gasteiger partial charge in [0, 0.05) is 34.9 Å². The van der Waals surface area contributed by atoms with Gasteiger partial charge in [0.25, 0.3) is 5.78 Å². The first-order valence-electron chi connectivity index (χ1n) is 10.6. The Bertz CT molecular complexity index is 1560. The summed E-state index contributed by atoms with van der Waals surface area (Å²) < 4.78 is 1.83. The Balaban J connectivity index is 1.41. The Morgan fingerprint density at radius 1 is 1.09 bits per heavy atom. The Hall–Kier alpha value is -4.02. The Labute approximate surface area is 194 Å². The summed E-state index contributed by atoms with van der Waals surface area (Å²) in [6.07, 6.45) is 5.27. The molecule has 0 atom stereocenters. The number of fused-ring (bicyclic) bond motifs is 3. The van der Waals surface area contributed by atoms with E-state index in [-0.39, 0.29) is 5.41 Å². The molecule has 0 aliphatic heterocycles. The van der Waals surface area contributed by atoms with Crippen LogP contribution in [0.2, 0.25) is 5.02 Å². The highest BCUT2D eigenvalue weighted by molar-refractivity contribution is 6.31. The van der Waals surface area contributed by atoms with E-state index in [2.05, 4.69) is 33.4 Å². The largest absolute Gasteiger partial charge is 0.329 e. The maximum absolute atomic E-state index is 9.43. The summed E-state index contributed by atoms with van der Waals surface area (Å²) in [6, 6.07) is 20.3. The lowest BCUT2D eigenvalue weighted by Crippen LogP contribution is -2.13. The van der Waals surface area contributed by atoms with Gasteiger partial charge in [-0.2, -0.15) is 10.2 Å². The number of halogens is 1. The van der Waals surface area contributed by atoms with Crippen molar-refractivity contribution >= 4 is 39.8 Å². The predicted octanol–water partition coefficient (Wildman–Crippen LogP) is 5.32. The molecule has 0 saturated heterocycles. The minimum Gasteiger partial charge on any atom is -0.329 e. The number of anilines is 2. The smallest absolute Gasteiger partial charge is 0.257 e. The van der Waals surface area contributed by atoms with Gasteiger partial charge in [0.2, 0.25) is 0 Å². The first kappa shape index (κ1) is 19.6. The number of nitriles is 1. The Morgan fingerprint density at radius 3 is 2.73 bits per heavy atom. The number of pyridine rings is 1. The lowest BCUT2D eigenvalue weighted by molar-refractivity contribution is 0.855. The summed E-state index contributed by atoms with van der Waals surface area (Å²) in [6.45, 7) is 0. The quantitative estimate of drug-likeness (QED) is 0.368. The zero-order chi connectivity index (χ0) is 22.6. The molecule has 1 fully saturated rings. The molecule has 3 aromatic heterocycles. The molecule has 160 valence electrons. The van der Waals surface area contributed by atoms with E-state index in [1.807, 2.05) is 65.0 Å². The van der Waals surface area contributed by atoms with Crippen LogP contribution in [0, 0.1) is 11.3 Å². The van der Waals surface area contributed by atoms with Crippen molar-refractivity contribution in [2.24, 2.45) is 0 Å². The van der Waals surface area contributed by atoms with Crippen LogP contribution in [-0.2, 0) is 5.41 Å². The van der Waals surface area contributed by atoms with Crippen LogP contribution < -0.4 is 4.90 Å². The molecule has 3 heterocycles. The number of rotatable bonds is 4. The molecule has 0 unspecified atom stereocenters. The minimum absolute atomic E-state index is 0.378. The Kier molecular flexibility index (Phi) is 4.32. The third kappa shape index (κ3) is 3.19. The zero-order valence-corrected chi connectivity index (χ0v) is 18.5. The molecule has 0 spiro atoms. The highest BCUT2D eigenvalue weighted by Gasteiger charge is 2.46. The first-order valence-corrected chi connectivity index (χ1v) is 11.0. The fourth-order valence-corrected chi connectivity index (χ4v) is 4.36. The van der Waals surface area contributed by atoms with Gasteiger partial charge in [0.15, 0.2) is 0 Å². The number of hydrogen-bond acceptors (Lipinski definition) is 6. The van der Waals surface area contributed by atoms with Crippen LogP contribution in [-0.4, -0.2) is 31.6 Å². The first-order chi connectivity index (χ1) is 16.1. The highest BCUT2D eigenvalue weighted by Crippen LogP contribution is 2.46. The van der Waals surface area contributed by atoms with E-state index < -0.39 is 0 Å². The van der Waals surface area contributed by atoms with Gasteiger partial charge in [0.1, 0.15) is 12.1 Å². The summed E-state index contributed by atoms with van der Waals surface area (Å²) in [7, 11) is 1.98. The zero-order valence-electron chi connectivity index (χ0n) is 17.8. The molecular formula is C25H18ClN7. The minimum atomic E-state index is -0.378. The third-order valence-corrected chi connectivity index (χ3v) is 6.53. The van der Waals surface area contributed by atoms with Crippen LogP contribution in [0.3, 0.4) is 0 Å². The molecular weight excluding hydrogens is 434 g/mol. The van der Waals surface area contributed by atoms with Crippen molar-refractivity contribution in [2.75, 3.05) is 11.9 Å². The molecule has 8 heteroatoms. The normalized spacial score (nSPS) is 14.3. The van der Waals surface area contributed by atoms with Crippen molar-refractivity contribution in [3.05, 3.63) is 77.8 Å². The second-order valence-corrected chi connectivity index (χ2v) is 8.77. The molecule has 1 aliphatic carbocycles. The van der Waals surface area contributed by atoms with E-state index in [1.54, 1.807) is 6.33 Å². The SMILES string of the molecule is CN(c1cccc(-c2ccc(C3(C#N)CC3)nc2)c1)c1nc2nncn2c2cc(Cl)ccc12. The standard InChI is InChI=1S/C25H18ClN7/c1-32(23-20-7-6-18(26)12-21(20)33-15-29-31-24(33)30-23)19-4-2-3-16(11-19)17-5-8-22(28-13-17)25(14-27)9-10-25/h2-8,11-13,15H,9-10H2,1H3. The number of nitrogens with zero attached hydrogens (tertiary/aromatic N) is 7. The average molecular weight is 452 g/mol. The topological polar surface area (TPSA) is 83.0 Å². The van der Waals surface area contributed by atoms with Crippen LogP contribution in [0.15, 0.2) is 67.1 Å². The van der Waals surface area contributed by atoms with E-state index in [9.17, 15) is 5.26 Å². The van der Waals surface area contributed by atoms with Crippen LogP contribution in [0.4, 0.5) is 11.5 Å². The summed E-state index contributed by atoms with van der Waals surface area (Å²) in [5, 5.41) is 19.2. The Morgan fingerprint density at radius 2 is 1.97 bits per heavy atom. The van der Waals surface area contributed by atoms with Crippen LogP contribution >= 0.6 is 11.6 Å². The lowest BCUT2D eigenvalue weighted by Gasteiger charge is -2.21.